The molecule has 0 saturated heterocycles. The van der Waals surface area contributed by atoms with E-state index in [1.165, 1.54) is 11.2 Å². The zero-order valence-electron chi connectivity index (χ0n) is 12.9. The average Bonchev–Trinajstić information content (AvgIpc) is 2.42. The predicted molar refractivity (Wildman–Crippen MR) is 82.5 cm³/mol. The fourth-order valence-corrected chi connectivity index (χ4v) is 3.94. The molecule has 0 fully saturated rings. The van der Waals surface area contributed by atoms with Crippen molar-refractivity contribution in [1.82, 2.24) is 4.31 Å². The maximum absolute atomic E-state index is 12.8. The van der Waals surface area contributed by atoms with E-state index in [9.17, 15) is 18.6 Å². The van der Waals surface area contributed by atoms with Gasteiger partial charge in [0, 0.05) is 12.6 Å². The summed E-state index contributed by atoms with van der Waals surface area (Å²) in [7, 11) is -3.73. The Kier molecular flexibility index (Phi) is 6.80. The van der Waals surface area contributed by atoms with Crippen LogP contribution >= 0.6 is 0 Å². The Balaban J connectivity index is 3.19. The molecule has 1 aromatic carbocycles. The van der Waals surface area contributed by atoms with Gasteiger partial charge in [0.1, 0.15) is 0 Å². The van der Waals surface area contributed by atoms with Crippen molar-refractivity contribution in [3.05, 3.63) is 29.8 Å². The predicted octanol–water partition coefficient (Wildman–Crippen LogP) is 1.53. The summed E-state index contributed by atoms with van der Waals surface area (Å²) in [5.74, 6) is 0. The fraction of sp³-hybridized carbons (Fsp3) is 0.600. The maximum atomic E-state index is 12.8. The number of hydrogen-bond acceptors (Lipinski definition) is 4. The van der Waals surface area contributed by atoms with Gasteiger partial charge in [-0.1, -0.05) is 31.0 Å². The summed E-state index contributed by atoms with van der Waals surface area (Å²) in [6, 6.07) is 6.07. The van der Waals surface area contributed by atoms with Gasteiger partial charge in [-0.25, -0.2) is 8.42 Å². The summed E-state index contributed by atoms with van der Waals surface area (Å²) in [5.41, 5.74) is 0.975. The number of aryl methyl sites for hydroxylation is 1. The molecule has 2 atom stereocenters. The zero-order valence-corrected chi connectivity index (χ0v) is 13.7. The molecule has 0 aliphatic heterocycles. The highest BCUT2D eigenvalue weighted by molar-refractivity contribution is 7.89. The van der Waals surface area contributed by atoms with Crippen LogP contribution in [0, 0.1) is 6.92 Å². The monoisotopic (exact) mass is 315 g/mol. The van der Waals surface area contributed by atoms with E-state index in [2.05, 4.69) is 0 Å². The first kappa shape index (κ1) is 18.1. The van der Waals surface area contributed by atoms with Gasteiger partial charge in [0.05, 0.1) is 17.6 Å². The lowest BCUT2D eigenvalue weighted by Gasteiger charge is -2.30. The highest BCUT2D eigenvalue weighted by Crippen LogP contribution is 2.21. The third-order valence-electron chi connectivity index (χ3n) is 3.31. The first-order chi connectivity index (χ1) is 9.82. The van der Waals surface area contributed by atoms with Crippen molar-refractivity contribution in [1.29, 1.82) is 0 Å². The molecule has 0 spiro atoms. The van der Waals surface area contributed by atoms with Crippen LogP contribution in [0.4, 0.5) is 0 Å². The number of hydrogen-bond donors (Lipinski definition) is 2. The molecule has 120 valence electrons. The number of sulfonamides is 1. The Morgan fingerprint density at radius 3 is 2.24 bits per heavy atom. The van der Waals surface area contributed by atoms with Gasteiger partial charge in [0.25, 0.3) is 0 Å². The van der Waals surface area contributed by atoms with Gasteiger partial charge in [-0.05, 0) is 32.4 Å². The summed E-state index contributed by atoms with van der Waals surface area (Å²) in [6.45, 7) is 5.07. The summed E-state index contributed by atoms with van der Waals surface area (Å²) in [6.07, 6.45) is 0.510. The van der Waals surface area contributed by atoms with E-state index >= 15 is 0 Å². The van der Waals surface area contributed by atoms with E-state index in [-0.39, 0.29) is 18.0 Å². The normalized spacial score (nSPS) is 15.1. The summed E-state index contributed by atoms with van der Waals surface area (Å²) in [4.78, 5) is 0.184. The van der Waals surface area contributed by atoms with Crippen molar-refractivity contribution in [2.75, 3.05) is 13.2 Å². The maximum Gasteiger partial charge on any atom is 0.243 e. The van der Waals surface area contributed by atoms with Crippen molar-refractivity contribution in [3.8, 4) is 0 Å². The molecule has 2 N–H and O–H groups in total. The number of benzene rings is 1. The van der Waals surface area contributed by atoms with E-state index in [1.54, 1.807) is 24.3 Å². The molecule has 0 bridgehead atoms. The second-order valence-electron chi connectivity index (χ2n) is 5.36. The largest absolute Gasteiger partial charge is 0.395 e. The van der Waals surface area contributed by atoms with Crippen LogP contribution in [0.2, 0.25) is 0 Å². The quantitative estimate of drug-likeness (QED) is 0.762. The van der Waals surface area contributed by atoms with Gasteiger partial charge in [-0.15, -0.1) is 0 Å². The number of aliphatic hydroxyl groups is 2. The van der Waals surface area contributed by atoms with E-state index < -0.39 is 22.2 Å². The molecule has 0 heterocycles. The van der Waals surface area contributed by atoms with Gasteiger partial charge in [0.15, 0.2) is 0 Å². The molecule has 1 rings (SSSR count). The molecule has 0 aromatic heterocycles. The van der Waals surface area contributed by atoms with Gasteiger partial charge in [-0.2, -0.15) is 4.31 Å². The van der Waals surface area contributed by atoms with Crippen molar-refractivity contribution in [3.63, 3.8) is 0 Å². The highest BCUT2D eigenvalue weighted by atomic mass is 32.2. The van der Waals surface area contributed by atoms with Crippen molar-refractivity contribution in [2.45, 2.75) is 50.7 Å². The van der Waals surface area contributed by atoms with Crippen molar-refractivity contribution < 1.29 is 18.6 Å². The Labute approximate surface area is 127 Å². The fourth-order valence-electron chi connectivity index (χ4n) is 2.21. The third-order valence-corrected chi connectivity index (χ3v) is 5.24. The van der Waals surface area contributed by atoms with Crippen LogP contribution in [0.1, 0.15) is 32.3 Å². The lowest BCUT2D eigenvalue weighted by Crippen LogP contribution is -2.45. The van der Waals surface area contributed by atoms with Crippen LogP contribution in [-0.2, 0) is 10.0 Å². The molecule has 0 amide bonds. The average molecular weight is 315 g/mol. The number of aliphatic hydroxyl groups excluding tert-OH is 2. The zero-order chi connectivity index (χ0) is 16.0. The second kappa shape index (κ2) is 7.89. The van der Waals surface area contributed by atoms with Crippen LogP contribution in [-0.4, -0.2) is 48.2 Å². The first-order valence-corrected chi connectivity index (χ1v) is 8.64. The van der Waals surface area contributed by atoms with E-state index in [4.69, 9.17) is 0 Å². The third kappa shape index (κ3) is 4.78. The Morgan fingerprint density at radius 2 is 1.81 bits per heavy atom. The van der Waals surface area contributed by atoms with Gasteiger partial charge >= 0.3 is 0 Å². The number of rotatable bonds is 8. The molecule has 0 aliphatic carbocycles. The minimum absolute atomic E-state index is 0.0264. The Morgan fingerprint density at radius 1 is 1.24 bits per heavy atom. The van der Waals surface area contributed by atoms with Crippen molar-refractivity contribution in [2.24, 2.45) is 0 Å². The van der Waals surface area contributed by atoms with Gasteiger partial charge in [-0.3, -0.25) is 0 Å². The SMILES string of the molecule is CCC[C@H](CO)N(C[C@H](C)O)S(=O)(=O)c1ccc(C)cc1. The lowest BCUT2D eigenvalue weighted by molar-refractivity contribution is 0.118. The Bertz CT molecular complexity index is 525. The van der Waals surface area contributed by atoms with Crippen LogP contribution in [0.15, 0.2) is 29.2 Å². The van der Waals surface area contributed by atoms with Crippen LogP contribution < -0.4 is 0 Å². The molecule has 1 aromatic rings. The first-order valence-electron chi connectivity index (χ1n) is 7.20. The molecule has 0 saturated carbocycles. The second-order valence-corrected chi connectivity index (χ2v) is 7.25. The summed E-state index contributed by atoms with van der Waals surface area (Å²) < 4.78 is 26.7. The van der Waals surface area contributed by atoms with Crippen molar-refractivity contribution >= 4 is 10.0 Å². The van der Waals surface area contributed by atoms with E-state index in [1.807, 2.05) is 13.8 Å². The van der Waals surface area contributed by atoms with Gasteiger partial charge in [0.2, 0.25) is 10.0 Å². The molecule has 5 nitrogen and oxygen atoms in total. The van der Waals surface area contributed by atoms with Crippen LogP contribution in [0.3, 0.4) is 0 Å². The molecular formula is C15H25NO4S. The lowest BCUT2D eigenvalue weighted by atomic mass is 10.2. The van der Waals surface area contributed by atoms with E-state index in [0.29, 0.717) is 6.42 Å². The smallest absolute Gasteiger partial charge is 0.243 e. The standard InChI is InChI=1S/C15H25NO4S/c1-4-5-14(11-17)16(10-13(3)18)21(19,20)15-8-6-12(2)7-9-15/h6-9,13-14,17-18H,4-5,10-11H2,1-3H3/t13-,14+/m0/s1. The highest BCUT2D eigenvalue weighted by Gasteiger charge is 2.31. The van der Waals surface area contributed by atoms with Crippen LogP contribution in [0.25, 0.3) is 0 Å². The summed E-state index contributed by atoms with van der Waals surface area (Å²) >= 11 is 0. The topological polar surface area (TPSA) is 77.8 Å². The molecule has 21 heavy (non-hydrogen) atoms. The molecule has 6 heteroatoms. The number of nitrogens with zero attached hydrogens (tertiary/aromatic N) is 1. The van der Waals surface area contributed by atoms with E-state index in [0.717, 1.165) is 12.0 Å². The molecular weight excluding hydrogens is 290 g/mol. The summed E-state index contributed by atoms with van der Waals surface area (Å²) in [5, 5.41) is 19.1. The van der Waals surface area contributed by atoms with Gasteiger partial charge < -0.3 is 10.2 Å². The minimum Gasteiger partial charge on any atom is -0.395 e. The Hall–Kier alpha value is -0.950. The molecule has 0 aliphatic rings. The van der Waals surface area contributed by atoms with Crippen LogP contribution in [0.5, 0.6) is 0 Å². The molecule has 0 unspecified atom stereocenters. The minimum atomic E-state index is -3.73. The molecule has 0 radical (unpaired) electrons.